The monoisotopic (exact) mass is 347 g/mol. The maximum absolute atomic E-state index is 6.18. The smallest absolute Gasteiger partial charge is 0.249 e. The van der Waals surface area contributed by atoms with Crippen molar-refractivity contribution >= 4 is 23.2 Å². The Hall–Kier alpha value is -1.88. The Labute approximate surface area is 144 Å². The molecular formula is C17H15Cl2N3O. The first-order valence-corrected chi connectivity index (χ1v) is 7.88. The Kier molecular flexibility index (Phi) is 4.96. The maximum atomic E-state index is 6.18. The Balaban J connectivity index is 1.70. The van der Waals surface area contributed by atoms with Crippen LogP contribution < -0.4 is 0 Å². The SMILES string of the molecule is CN(Cc1nnc(-c2ccccc2Cl)o1)Cc1ccccc1Cl. The molecule has 4 nitrogen and oxygen atoms in total. The van der Waals surface area contributed by atoms with Crippen molar-refractivity contribution in [1.82, 2.24) is 15.1 Å². The average molecular weight is 348 g/mol. The predicted octanol–water partition coefficient (Wildman–Crippen LogP) is 4.68. The molecule has 0 saturated heterocycles. The van der Waals surface area contributed by atoms with Gasteiger partial charge in [0.15, 0.2) is 0 Å². The lowest BCUT2D eigenvalue weighted by molar-refractivity contribution is 0.283. The third-order valence-corrected chi connectivity index (χ3v) is 4.07. The van der Waals surface area contributed by atoms with Crippen molar-refractivity contribution in [2.75, 3.05) is 7.05 Å². The standard InChI is InChI=1S/C17H15Cl2N3O/c1-22(10-12-6-2-4-8-14(12)18)11-16-20-21-17(23-16)13-7-3-5-9-15(13)19/h2-9H,10-11H2,1H3. The largest absolute Gasteiger partial charge is 0.419 e. The van der Waals surface area contributed by atoms with Crippen LogP contribution in [0.2, 0.25) is 10.0 Å². The molecule has 118 valence electrons. The van der Waals surface area contributed by atoms with Gasteiger partial charge in [-0.05, 0) is 30.8 Å². The highest BCUT2D eigenvalue weighted by Gasteiger charge is 2.13. The van der Waals surface area contributed by atoms with Crippen LogP contribution in [0.1, 0.15) is 11.5 Å². The molecule has 0 atom stereocenters. The molecule has 0 bridgehead atoms. The van der Waals surface area contributed by atoms with Crippen molar-refractivity contribution in [2.45, 2.75) is 13.1 Å². The predicted molar refractivity (Wildman–Crippen MR) is 91.4 cm³/mol. The zero-order chi connectivity index (χ0) is 16.2. The van der Waals surface area contributed by atoms with E-state index < -0.39 is 0 Å². The number of benzene rings is 2. The van der Waals surface area contributed by atoms with E-state index in [9.17, 15) is 0 Å². The van der Waals surface area contributed by atoms with E-state index in [2.05, 4.69) is 15.1 Å². The van der Waals surface area contributed by atoms with Crippen molar-refractivity contribution in [3.05, 3.63) is 70.0 Å². The maximum Gasteiger partial charge on any atom is 0.249 e. The second-order valence-corrected chi connectivity index (χ2v) is 6.06. The van der Waals surface area contributed by atoms with E-state index in [0.29, 0.717) is 29.9 Å². The lowest BCUT2D eigenvalue weighted by atomic mass is 10.2. The quantitative estimate of drug-likeness (QED) is 0.672. The minimum absolute atomic E-state index is 0.428. The summed E-state index contributed by atoms with van der Waals surface area (Å²) in [5.41, 5.74) is 1.80. The molecule has 0 saturated carbocycles. The molecule has 0 amide bonds. The van der Waals surface area contributed by atoms with Crippen LogP contribution >= 0.6 is 23.2 Å². The zero-order valence-corrected chi connectivity index (χ0v) is 14.1. The molecule has 6 heteroatoms. The first-order chi connectivity index (χ1) is 11.1. The van der Waals surface area contributed by atoms with Crippen molar-refractivity contribution < 1.29 is 4.42 Å². The lowest BCUT2D eigenvalue weighted by Crippen LogP contribution is -2.17. The fraction of sp³-hybridized carbons (Fsp3) is 0.176. The number of rotatable bonds is 5. The molecule has 0 unspecified atom stereocenters. The highest BCUT2D eigenvalue weighted by Crippen LogP contribution is 2.26. The third-order valence-electron chi connectivity index (χ3n) is 3.37. The number of halogens is 2. The summed E-state index contributed by atoms with van der Waals surface area (Å²) >= 11 is 12.3. The number of nitrogens with zero attached hydrogens (tertiary/aromatic N) is 3. The first kappa shape index (κ1) is 16.0. The molecule has 0 spiro atoms. The van der Waals surface area contributed by atoms with Crippen LogP contribution in [-0.4, -0.2) is 22.1 Å². The van der Waals surface area contributed by atoms with Crippen LogP contribution in [-0.2, 0) is 13.1 Å². The van der Waals surface area contributed by atoms with Gasteiger partial charge in [-0.1, -0.05) is 53.5 Å². The van der Waals surface area contributed by atoms with Gasteiger partial charge in [-0.25, -0.2) is 0 Å². The van der Waals surface area contributed by atoms with E-state index in [1.54, 1.807) is 6.07 Å². The van der Waals surface area contributed by atoms with Crippen molar-refractivity contribution in [3.63, 3.8) is 0 Å². The third kappa shape index (κ3) is 3.91. The Bertz CT molecular complexity index is 804. The summed E-state index contributed by atoms with van der Waals surface area (Å²) in [5, 5.41) is 9.50. The molecular weight excluding hydrogens is 333 g/mol. The summed E-state index contributed by atoms with van der Waals surface area (Å²) < 4.78 is 5.71. The van der Waals surface area contributed by atoms with E-state index in [1.807, 2.05) is 49.5 Å². The van der Waals surface area contributed by atoms with Gasteiger partial charge >= 0.3 is 0 Å². The molecule has 0 aliphatic rings. The Morgan fingerprint density at radius 2 is 1.61 bits per heavy atom. The average Bonchev–Trinajstić information content (AvgIpc) is 2.98. The first-order valence-electron chi connectivity index (χ1n) is 7.12. The molecule has 0 aliphatic heterocycles. The van der Waals surface area contributed by atoms with Gasteiger partial charge in [0.1, 0.15) is 0 Å². The number of aromatic nitrogens is 2. The van der Waals surface area contributed by atoms with Gasteiger partial charge < -0.3 is 4.42 Å². The summed E-state index contributed by atoms with van der Waals surface area (Å²) in [4.78, 5) is 2.06. The summed E-state index contributed by atoms with van der Waals surface area (Å²) in [7, 11) is 1.97. The van der Waals surface area contributed by atoms with E-state index in [4.69, 9.17) is 27.6 Å². The van der Waals surface area contributed by atoms with E-state index in [1.165, 1.54) is 0 Å². The van der Waals surface area contributed by atoms with Crippen molar-refractivity contribution in [2.24, 2.45) is 0 Å². The Morgan fingerprint density at radius 3 is 2.35 bits per heavy atom. The van der Waals surface area contributed by atoms with Gasteiger partial charge in [-0.3, -0.25) is 4.90 Å². The molecule has 2 aromatic carbocycles. The van der Waals surface area contributed by atoms with Gasteiger partial charge in [-0.2, -0.15) is 0 Å². The van der Waals surface area contributed by atoms with Crippen LogP contribution in [0.3, 0.4) is 0 Å². The number of hydrogen-bond acceptors (Lipinski definition) is 4. The lowest BCUT2D eigenvalue weighted by Gasteiger charge is -2.15. The summed E-state index contributed by atoms with van der Waals surface area (Å²) in [5.74, 6) is 0.964. The highest BCUT2D eigenvalue weighted by molar-refractivity contribution is 6.33. The fourth-order valence-corrected chi connectivity index (χ4v) is 2.68. The second kappa shape index (κ2) is 7.13. The summed E-state index contributed by atoms with van der Waals surface area (Å²) in [6.45, 7) is 1.23. The van der Waals surface area contributed by atoms with Crippen molar-refractivity contribution in [3.8, 4) is 11.5 Å². The molecule has 3 rings (SSSR count). The van der Waals surface area contributed by atoms with Crippen LogP contribution in [0.15, 0.2) is 52.9 Å². The van der Waals surface area contributed by atoms with E-state index in [-0.39, 0.29) is 0 Å². The molecule has 3 aromatic rings. The van der Waals surface area contributed by atoms with Gasteiger partial charge in [-0.15, -0.1) is 10.2 Å². The molecule has 1 heterocycles. The van der Waals surface area contributed by atoms with Crippen LogP contribution in [0.4, 0.5) is 0 Å². The number of hydrogen-bond donors (Lipinski definition) is 0. The molecule has 1 aromatic heterocycles. The molecule has 0 fully saturated rings. The summed E-state index contributed by atoms with van der Waals surface area (Å²) in [6, 6.07) is 15.2. The van der Waals surface area contributed by atoms with Gasteiger partial charge in [0.2, 0.25) is 11.8 Å². The molecule has 0 N–H and O–H groups in total. The zero-order valence-electron chi connectivity index (χ0n) is 12.5. The molecule has 0 aliphatic carbocycles. The van der Waals surface area contributed by atoms with E-state index >= 15 is 0 Å². The van der Waals surface area contributed by atoms with Gasteiger partial charge in [0, 0.05) is 11.6 Å². The normalized spacial score (nSPS) is 11.1. The minimum Gasteiger partial charge on any atom is -0.419 e. The fourth-order valence-electron chi connectivity index (χ4n) is 2.27. The van der Waals surface area contributed by atoms with Crippen LogP contribution in [0.25, 0.3) is 11.5 Å². The Morgan fingerprint density at radius 1 is 0.913 bits per heavy atom. The van der Waals surface area contributed by atoms with Gasteiger partial charge in [0.05, 0.1) is 17.1 Å². The van der Waals surface area contributed by atoms with Crippen LogP contribution in [0, 0.1) is 0 Å². The topological polar surface area (TPSA) is 42.2 Å². The highest BCUT2D eigenvalue weighted by atomic mass is 35.5. The summed E-state index contributed by atoms with van der Waals surface area (Å²) in [6.07, 6.45) is 0. The second-order valence-electron chi connectivity index (χ2n) is 5.24. The minimum atomic E-state index is 0.428. The van der Waals surface area contributed by atoms with Gasteiger partial charge in [0.25, 0.3) is 0 Å². The molecule has 0 radical (unpaired) electrons. The molecule has 23 heavy (non-hydrogen) atoms. The van der Waals surface area contributed by atoms with Crippen molar-refractivity contribution in [1.29, 1.82) is 0 Å². The van der Waals surface area contributed by atoms with Crippen LogP contribution in [0.5, 0.6) is 0 Å². The van der Waals surface area contributed by atoms with E-state index in [0.717, 1.165) is 16.1 Å².